The Labute approximate surface area is 113 Å². The second-order valence-corrected chi connectivity index (χ2v) is 10.1. The van der Waals surface area contributed by atoms with E-state index in [2.05, 4.69) is 36.4 Å². The van der Waals surface area contributed by atoms with Crippen LogP contribution in [0.4, 0.5) is 4.79 Å². The van der Waals surface area contributed by atoms with Crippen LogP contribution in [0.15, 0.2) is 18.2 Å². The van der Waals surface area contributed by atoms with Gasteiger partial charge in [-0.15, -0.1) is 5.54 Å². The summed E-state index contributed by atoms with van der Waals surface area (Å²) in [4.78, 5) is 10.4. The van der Waals surface area contributed by atoms with Gasteiger partial charge in [-0.05, 0) is 23.8 Å². The van der Waals surface area contributed by atoms with Crippen molar-refractivity contribution < 1.29 is 9.90 Å². The van der Waals surface area contributed by atoms with Crippen LogP contribution >= 0.6 is 11.6 Å². The summed E-state index contributed by atoms with van der Waals surface area (Å²) in [6, 6.07) is 5.42. The van der Waals surface area contributed by atoms with Crippen LogP contribution in [0.5, 0.6) is 0 Å². The van der Waals surface area contributed by atoms with Crippen LogP contribution in [-0.2, 0) is 6.54 Å². The molecule has 1 aromatic rings. The van der Waals surface area contributed by atoms with Gasteiger partial charge in [-0.25, -0.2) is 4.79 Å². The van der Waals surface area contributed by atoms with Crippen molar-refractivity contribution in [3.8, 4) is 11.5 Å². The van der Waals surface area contributed by atoms with E-state index in [1.807, 2.05) is 12.1 Å². The Hall–Kier alpha value is -1.44. The lowest BCUT2D eigenvalue weighted by atomic mass is 10.1. The first kappa shape index (κ1) is 14.6. The van der Waals surface area contributed by atoms with Gasteiger partial charge in [-0.2, -0.15) is 0 Å². The average Bonchev–Trinajstić information content (AvgIpc) is 2.25. The number of halogens is 1. The van der Waals surface area contributed by atoms with Crippen molar-refractivity contribution in [2.75, 3.05) is 0 Å². The van der Waals surface area contributed by atoms with Crippen molar-refractivity contribution in [3.05, 3.63) is 34.3 Å². The van der Waals surface area contributed by atoms with E-state index in [-0.39, 0.29) is 6.54 Å². The first-order chi connectivity index (χ1) is 8.28. The number of rotatable bonds is 2. The normalized spacial score (nSPS) is 10.4. The third-order valence-corrected chi connectivity index (χ3v) is 3.30. The molecule has 0 bridgehead atoms. The van der Waals surface area contributed by atoms with Crippen LogP contribution in [0.2, 0.25) is 24.7 Å². The Bertz CT molecular complexity index is 512. The molecule has 0 unspecified atom stereocenters. The molecule has 96 valence electrons. The maximum absolute atomic E-state index is 10.4. The summed E-state index contributed by atoms with van der Waals surface area (Å²) in [7, 11) is -1.41. The van der Waals surface area contributed by atoms with Crippen LogP contribution < -0.4 is 5.32 Å². The Balaban J connectivity index is 2.92. The van der Waals surface area contributed by atoms with E-state index in [1.165, 1.54) is 0 Å². The Morgan fingerprint density at radius 3 is 2.67 bits per heavy atom. The molecule has 0 radical (unpaired) electrons. The molecule has 0 saturated carbocycles. The summed E-state index contributed by atoms with van der Waals surface area (Å²) >= 11 is 6.00. The third kappa shape index (κ3) is 5.26. The number of nitrogens with one attached hydrogen (secondary N) is 1. The van der Waals surface area contributed by atoms with Crippen LogP contribution in [0, 0.1) is 11.5 Å². The van der Waals surface area contributed by atoms with E-state index >= 15 is 0 Å². The summed E-state index contributed by atoms with van der Waals surface area (Å²) in [5.74, 6) is 3.12. The zero-order chi connectivity index (χ0) is 13.8. The summed E-state index contributed by atoms with van der Waals surface area (Å²) in [6.07, 6.45) is -1.07. The quantitative estimate of drug-likeness (QED) is 0.645. The number of carbonyl (C=O) groups is 1. The molecule has 1 rings (SSSR count). The average molecular weight is 282 g/mol. The molecule has 1 amide bonds. The predicted octanol–water partition coefficient (Wildman–Crippen LogP) is 3.34. The van der Waals surface area contributed by atoms with Gasteiger partial charge in [0.05, 0.1) is 0 Å². The van der Waals surface area contributed by atoms with Gasteiger partial charge in [-0.1, -0.05) is 37.2 Å². The molecule has 0 aliphatic heterocycles. The molecule has 0 atom stereocenters. The Morgan fingerprint density at radius 2 is 2.11 bits per heavy atom. The molecule has 3 nitrogen and oxygen atoms in total. The zero-order valence-corrected chi connectivity index (χ0v) is 12.4. The van der Waals surface area contributed by atoms with Crippen LogP contribution in [0.25, 0.3) is 0 Å². The van der Waals surface area contributed by atoms with Gasteiger partial charge < -0.3 is 10.4 Å². The van der Waals surface area contributed by atoms with Crippen LogP contribution in [0.3, 0.4) is 0 Å². The monoisotopic (exact) mass is 281 g/mol. The van der Waals surface area contributed by atoms with E-state index in [1.54, 1.807) is 6.07 Å². The third-order valence-electron chi connectivity index (χ3n) is 2.06. The number of amides is 1. The fourth-order valence-electron chi connectivity index (χ4n) is 1.22. The Morgan fingerprint density at radius 1 is 1.44 bits per heavy atom. The lowest BCUT2D eigenvalue weighted by Crippen LogP contribution is -2.20. The molecule has 0 aliphatic rings. The molecule has 0 spiro atoms. The topological polar surface area (TPSA) is 49.3 Å². The van der Waals surface area contributed by atoms with Crippen molar-refractivity contribution in [1.29, 1.82) is 0 Å². The number of benzene rings is 1. The lowest BCUT2D eigenvalue weighted by molar-refractivity contribution is 0.194. The SMILES string of the molecule is C[Si](C)(C)C#Cc1ccc(Cl)c(CNC(=O)O)c1. The summed E-state index contributed by atoms with van der Waals surface area (Å²) in [5.41, 5.74) is 4.86. The molecule has 0 aliphatic carbocycles. The van der Waals surface area contributed by atoms with Gasteiger partial charge in [0.25, 0.3) is 0 Å². The predicted molar refractivity (Wildman–Crippen MR) is 76.5 cm³/mol. The van der Waals surface area contributed by atoms with Gasteiger partial charge in [0.1, 0.15) is 8.07 Å². The summed E-state index contributed by atoms with van der Waals surface area (Å²) < 4.78 is 0. The largest absolute Gasteiger partial charge is 0.465 e. The molecule has 0 fully saturated rings. The van der Waals surface area contributed by atoms with Crippen molar-refractivity contribution in [3.63, 3.8) is 0 Å². The van der Waals surface area contributed by atoms with Crippen molar-refractivity contribution in [2.24, 2.45) is 0 Å². The number of carboxylic acid groups (broad SMARTS) is 1. The molecule has 0 heterocycles. The van der Waals surface area contributed by atoms with Crippen molar-refractivity contribution in [1.82, 2.24) is 5.32 Å². The second kappa shape index (κ2) is 5.94. The van der Waals surface area contributed by atoms with Gasteiger partial charge in [0, 0.05) is 17.1 Å². The molecule has 2 N–H and O–H groups in total. The smallest absolute Gasteiger partial charge is 0.404 e. The molecular weight excluding hydrogens is 266 g/mol. The van der Waals surface area contributed by atoms with E-state index in [4.69, 9.17) is 16.7 Å². The highest BCUT2D eigenvalue weighted by molar-refractivity contribution is 6.83. The summed E-state index contributed by atoms with van der Waals surface area (Å²) in [5, 5.41) is 11.4. The van der Waals surface area contributed by atoms with Crippen molar-refractivity contribution >= 4 is 25.8 Å². The standard InChI is InChI=1S/C13H16ClNO2Si/c1-18(2,3)7-6-10-4-5-12(14)11(8-10)9-15-13(16)17/h4-5,8,15H,9H2,1-3H3,(H,16,17). The zero-order valence-electron chi connectivity index (χ0n) is 10.7. The number of hydrogen-bond donors (Lipinski definition) is 2. The molecule has 18 heavy (non-hydrogen) atoms. The maximum atomic E-state index is 10.4. The lowest BCUT2D eigenvalue weighted by Gasteiger charge is -2.06. The highest BCUT2D eigenvalue weighted by Gasteiger charge is 2.08. The highest BCUT2D eigenvalue weighted by Crippen LogP contribution is 2.17. The fraction of sp³-hybridized carbons (Fsp3) is 0.308. The molecule has 1 aromatic carbocycles. The minimum atomic E-state index is -1.41. The van der Waals surface area contributed by atoms with E-state index < -0.39 is 14.2 Å². The fourth-order valence-corrected chi connectivity index (χ4v) is 1.92. The van der Waals surface area contributed by atoms with Gasteiger partial charge in [0.15, 0.2) is 0 Å². The molecule has 0 saturated heterocycles. The molecular formula is C13H16ClNO2Si. The maximum Gasteiger partial charge on any atom is 0.404 e. The minimum absolute atomic E-state index is 0.191. The van der Waals surface area contributed by atoms with Gasteiger partial charge in [0.2, 0.25) is 0 Å². The molecule has 0 aromatic heterocycles. The van der Waals surface area contributed by atoms with E-state index in [0.717, 1.165) is 11.1 Å². The molecule has 5 heteroatoms. The van der Waals surface area contributed by atoms with Crippen LogP contribution in [-0.4, -0.2) is 19.3 Å². The van der Waals surface area contributed by atoms with Gasteiger partial charge >= 0.3 is 6.09 Å². The summed E-state index contributed by atoms with van der Waals surface area (Å²) in [6.45, 7) is 6.70. The highest BCUT2D eigenvalue weighted by atomic mass is 35.5. The number of hydrogen-bond acceptors (Lipinski definition) is 1. The van der Waals surface area contributed by atoms with Crippen LogP contribution in [0.1, 0.15) is 11.1 Å². The second-order valence-electron chi connectivity index (χ2n) is 4.96. The Kier molecular flexibility index (Phi) is 4.82. The first-order valence-electron chi connectivity index (χ1n) is 5.56. The van der Waals surface area contributed by atoms with E-state index in [0.29, 0.717) is 5.02 Å². The minimum Gasteiger partial charge on any atom is -0.465 e. The van der Waals surface area contributed by atoms with Crippen molar-refractivity contribution in [2.45, 2.75) is 26.2 Å². The van der Waals surface area contributed by atoms with Gasteiger partial charge in [-0.3, -0.25) is 0 Å². The van der Waals surface area contributed by atoms with E-state index in [9.17, 15) is 4.79 Å². The first-order valence-corrected chi connectivity index (χ1v) is 9.44.